The van der Waals surface area contributed by atoms with Gasteiger partial charge >= 0.3 is 0 Å². The number of aryl methyl sites for hydroxylation is 2. The molecule has 2 heterocycles. The van der Waals surface area contributed by atoms with Gasteiger partial charge in [0.2, 0.25) is 5.91 Å². The van der Waals surface area contributed by atoms with Crippen LogP contribution in [0.1, 0.15) is 27.6 Å². The maximum absolute atomic E-state index is 12.4. The van der Waals surface area contributed by atoms with Crippen molar-refractivity contribution < 1.29 is 4.79 Å². The van der Waals surface area contributed by atoms with Crippen molar-refractivity contribution in [2.45, 2.75) is 19.1 Å². The number of fused-ring (bicyclic) bond motifs is 1. The second-order valence-electron chi connectivity index (χ2n) is 6.50. The number of nitrogens with zero attached hydrogens (tertiary/aromatic N) is 2. The maximum Gasteiger partial charge on any atom is 0.235 e. The second-order valence-corrected chi connectivity index (χ2v) is 8.44. The van der Waals surface area contributed by atoms with E-state index in [1.165, 1.54) is 5.56 Å². The Balaban J connectivity index is 1.90. The highest BCUT2D eigenvalue weighted by Gasteiger charge is 2.31. The van der Waals surface area contributed by atoms with E-state index < -0.39 is 0 Å². The van der Waals surface area contributed by atoms with Gasteiger partial charge in [-0.25, -0.2) is 4.68 Å². The number of hydrogen-bond acceptors (Lipinski definition) is 3. The van der Waals surface area contributed by atoms with Crippen LogP contribution in [0.15, 0.2) is 42.5 Å². The molecule has 0 fully saturated rings. The lowest BCUT2D eigenvalue weighted by Crippen LogP contribution is -2.15. The third-order valence-electron chi connectivity index (χ3n) is 4.53. The van der Waals surface area contributed by atoms with Crippen molar-refractivity contribution in [1.29, 1.82) is 0 Å². The molecule has 2 aromatic carbocycles. The highest BCUT2D eigenvalue weighted by Crippen LogP contribution is 2.46. The van der Waals surface area contributed by atoms with Crippen LogP contribution in [0.25, 0.3) is 5.69 Å². The number of halogens is 2. The van der Waals surface area contributed by atoms with E-state index in [2.05, 4.69) is 5.32 Å². The Morgan fingerprint density at radius 3 is 2.59 bits per heavy atom. The fourth-order valence-electron chi connectivity index (χ4n) is 3.22. The number of carbonyl (C=O) groups excluding carboxylic acids is 1. The predicted molar refractivity (Wildman–Crippen MR) is 112 cm³/mol. The topological polar surface area (TPSA) is 46.9 Å². The zero-order chi connectivity index (χ0) is 19.1. The number of carbonyl (C=O) groups is 1. The van der Waals surface area contributed by atoms with Crippen molar-refractivity contribution in [2.75, 3.05) is 11.1 Å². The first-order valence-corrected chi connectivity index (χ1v) is 10.3. The molecule has 1 aliphatic rings. The van der Waals surface area contributed by atoms with Crippen molar-refractivity contribution in [3.8, 4) is 5.69 Å². The molecule has 1 amide bonds. The number of rotatable bonds is 2. The Morgan fingerprint density at radius 2 is 1.89 bits per heavy atom. The molecule has 1 N–H and O–H groups in total. The molecule has 3 aromatic rings. The largest absolute Gasteiger partial charge is 0.310 e. The van der Waals surface area contributed by atoms with Crippen LogP contribution in [0.2, 0.25) is 10.0 Å². The summed E-state index contributed by atoms with van der Waals surface area (Å²) in [6, 6.07) is 13.5. The Morgan fingerprint density at radius 1 is 1.15 bits per heavy atom. The Kier molecular flexibility index (Phi) is 4.93. The number of benzene rings is 2. The van der Waals surface area contributed by atoms with Crippen LogP contribution in [-0.2, 0) is 4.79 Å². The Labute approximate surface area is 171 Å². The molecule has 4 rings (SSSR count). The molecule has 4 nitrogen and oxygen atoms in total. The van der Waals surface area contributed by atoms with E-state index in [9.17, 15) is 4.79 Å². The number of thioether (sulfide) groups is 1. The summed E-state index contributed by atoms with van der Waals surface area (Å²) in [6.07, 6.45) is 0. The van der Waals surface area contributed by atoms with Crippen LogP contribution < -0.4 is 5.32 Å². The van der Waals surface area contributed by atoms with Crippen LogP contribution >= 0.6 is 35.0 Å². The Hall–Kier alpha value is -1.95. The van der Waals surface area contributed by atoms with Gasteiger partial charge in [0, 0.05) is 15.6 Å². The summed E-state index contributed by atoms with van der Waals surface area (Å²) in [4.78, 5) is 12.4. The van der Waals surface area contributed by atoms with Gasteiger partial charge in [-0.15, -0.1) is 11.8 Å². The van der Waals surface area contributed by atoms with Gasteiger partial charge in [0.1, 0.15) is 5.82 Å². The van der Waals surface area contributed by atoms with Crippen molar-refractivity contribution in [1.82, 2.24) is 9.78 Å². The molecule has 0 bridgehead atoms. The quantitative estimate of drug-likeness (QED) is 0.592. The van der Waals surface area contributed by atoms with Crippen LogP contribution in [-0.4, -0.2) is 21.4 Å². The summed E-state index contributed by atoms with van der Waals surface area (Å²) in [5.74, 6) is 0.982. The summed E-state index contributed by atoms with van der Waals surface area (Å²) < 4.78 is 1.80. The number of amides is 1. The molecule has 1 atom stereocenters. The van der Waals surface area contributed by atoms with E-state index in [1.54, 1.807) is 22.5 Å². The highest BCUT2D eigenvalue weighted by atomic mass is 35.5. The highest BCUT2D eigenvalue weighted by molar-refractivity contribution is 8.00. The van der Waals surface area contributed by atoms with Gasteiger partial charge in [-0.05, 0) is 43.7 Å². The van der Waals surface area contributed by atoms with E-state index in [0.29, 0.717) is 21.6 Å². The van der Waals surface area contributed by atoms with Crippen LogP contribution in [0, 0.1) is 13.8 Å². The van der Waals surface area contributed by atoms with E-state index in [0.717, 1.165) is 22.5 Å². The fraction of sp³-hybridized carbons (Fsp3) is 0.200. The average Bonchev–Trinajstić information content (AvgIpc) is 2.83. The smallest absolute Gasteiger partial charge is 0.235 e. The van der Waals surface area contributed by atoms with Gasteiger partial charge in [0.25, 0.3) is 0 Å². The first-order chi connectivity index (χ1) is 12.9. The zero-order valence-corrected chi connectivity index (χ0v) is 17.1. The summed E-state index contributed by atoms with van der Waals surface area (Å²) in [5, 5.41) is 8.80. The average molecular weight is 418 g/mol. The molecule has 1 aromatic heterocycles. The van der Waals surface area contributed by atoms with Crippen molar-refractivity contribution >= 4 is 46.7 Å². The standard InChI is InChI=1S/C20H17Cl2N3OS/c1-11-3-6-14(7-4-11)25-20-18(12(2)24-25)19(27-10-17(26)23-20)15-8-5-13(21)9-16(15)22/h3-9,19H,10H2,1-2H3,(H,23,26)/t19-/m0/s1. The summed E-state index contributed by atoms with van der Waals surface area (Å²) in [6.45, 7) is 3.99. The first kappa shape index (κ1) is 18.4. The number of nitrogens with one attached hydrogen (secondary N) is 1. The molecular weight excluding hydrogens is 401 g/mol. The molecule has 0 saturated carbocycles. The summed E-state index contributed by atoms with van der Waals surface area (Å²) >= 11 is 14.1. The monoisotopic (exact) mass is 417 g/mol. The van der Waals surface area contributed by atoms with E-state index in [-0.39, 0.29) is 11.2 Å². The molecule has 0 aliphatic carbocycles. The number of hydrogen-bond donors (Lipinski definition) is 1. The van der Waals surface area contributed by atoms with E-state index in [4.69, 9.17) is 28.3 Å². The van der Waals surface area contributed by atoms with Gasteiger partial charge in [-0.3, -0.25) is 4.79 Å². The molecule has 0 unspecified atom stereocenters. The molecule has 138 valence electrons. The van der Waals surface area contributed by atoms with Gasteiger partial charge in [0.15, 0.2) is 0 Å². The molecular formula is C20H17Cl2N3OS. The van der Waals surface area contributed by atoms with Crippen LogP contribution in [0.4, 0.5) is 5.82 Å². The minimum absolute atomic E-state index is 0.0536. The maximum atomic E-state index is 12.4. The first-order valence-electron chi connectivity index (χ1n) is 8.47. The third kappa shape index (κ3) is 3.47. The number of anilines is 1. The summed E-state index contributed by atoms with van der Waals surface area (Å²) in [5.41, 5.74) is 4.82. The van der Waals surface area contributed by atoms with Gasteiger partial charge in [0.05, 0.1) is 22.4 Å². The number of aromatic nitrogens is 2. The van der Waals surface area contributed by atoms with E-state index >= 15 is 0 Å². The van der Waals surface area contributed by atoms with Crippen LogP contribution in [0.5, 0.6) is 0 Å². The van der Waals surface area contributed by atoms with Crippen molar-refractivity contribution in [3.05, 3.63) is 74.9 Å². The molecule has 27 heavy (non-hydrogen) atoms. The van der Waals surface area contributed by atoms with E-state index in [1.807, 2.05) is 50.2 Å². The lowest BCUT2D eigenvalue weighted by atomic mass is 10.0. The fourth-order valence-corrected chi connectivity index (χ4v) is 5.02. The van der Waals surface area contributed by atoms with Crippen molar-refractivity contribution in [2.24, 2.45) is 0 Å². The van der Waals surface area contributed by atoms with Crippen molar-refractivity contribution in [3.63, 3.8) is 0 Å². The summed E-state index contributed by atoms with van der Waals surface area (Å²) in [7, 11) is 0. The molecule has 0 saturated heterocycles. The van der Waals surface area contributed by atoms with Gasteiger partial charge in [-0.1, -0.05) is 47.0 Å². The van der Waals surface area contributed by atoms with Gasteiger partial charge < -0.3 is 5.32 Å². The molecule has 0 radical (unpaired) electrons. The van der Waals surface area contributed by atoms with Crippen LogP contribution in [0.3, 0.4) is 0 Å². The SMILES string of the molecule is Cc1ccc(-n2nc(C)c3c2NC(=O)CS[C@H]3c2ccc(Cl)cc2Cl)cc1. The predicted octanol–water partition coefficient (Wildman–Crippen LogP) is 5.57. The molecule has 1 aliphatic heterocycles. The molecule has 0 spiro atoms. The van der Waals surface area contributed by atoms with Gasteiger partial charge in [-0.2, -0.15) is 5.10 Å². The Bertz CT molecular complexity index is 1030. The molecule has 7 heteroatoms. The normalized spacial score (nSPS) is 16.6. The second kappa shape index (κ2) is 7.23. The lowest BCUT2D eigenvalue weighted by molar-refractivity contribution is -0.113. The minimum atomic E-state index is -0.108. The minimum Gasteiger partial charge on any atom is -0.310 e. The zero-order valence-electron chi connectivity index (χ0n) is 14.8. The lowest BCUT2D eigenvalue weighted by Gasteiger charge is -2.17. The third-order valence-corrected chi connectivity index (χ3v) is 6.35.